The fourth-order valence-electron chi connectivity index (χ4n) is 2.20. The number of rotatable bonds is 4. The van der Waals surface area contributed by atoms with Gasteiger partial charge in [0.1, 0.15) is 5.75 Å². The fourth-order valence-corrected chi connectivity index (χ4v) is 4.66. The van der Waals surface area contributed by atoms with Crippen LogP contribution in [0, 0.1) is 0 Å². The predicted octanol–water partition coefficient (Wildman–Crippen LogP) is 5.67. The smallest absolute Gasteiger partial charge is 0.152 e. The highest BCUT2D eigenvalue weighted by molar-refractivity contribution is 7.20. The van der Waals surface area contributed by atoms with Crippen molar-refractivity contribution in [3.8, 4) is 37.6 Å². The summed E-state index contributed by atoms with van der Waals surface area (Å²) in [5.74, 6) is 0.839. The van der Waals surface area contributed by atoms with Crippen LogP contribution in [-0.4, -0.2) is 17.1 Å². The quantitative estimate of drug-likeness (QED) is 0.472. The molecule has 0 saturated heterocycles. The topological polar surface area (TPSA) is 35.0 Å². The summed E-state index contributed by atoms with van der Waals surface area (Å²) in [4.78, 5) is 10.6. The van der Waals surface area contributed by atoms with Crippen molar-refractivity contribution in [2.75, 3.05) is 7.11 Å². The highest BCUT2D eigenvalue weighted by Crippen LogP contribution is 2.34. The molecule has 0 aliphatic carbocycles. The number of methoxy groups -OCH3 is 1. The van der Waals surface area contributed by atoms with E-state index in [0.29, 0.717) is 0 Å². The first-order valence-electron chi connectivity index (χ1n) is 6.93. The summed E-state index contributed by atoms with van der Waals surface area (Å²) in [7, 11) is 1.67. The van der Waals surface area contributed by atoms with Crippen LogP contribution in [0.1, 0.15) is 0 Å². The second-order valence-corrected chi connectivity index (χ2v) is 7.45. The van der Waals surface area contributed by atoms with Gasteiger partial charge >= 0.3 is 0 Å². The molecule has 0 N–H and O–H groups in total. The van der Waals surface area contributed by atoms with E-state index in [1.165, 1.54) is 4.88 Å². The maximum absolute atomic E-state index is 5.28. The molecule has 3 aromatic heterocycles. The Hall–Kier alpha value is -2.02. The standard InChI is InChI=1S/C17H12N2OS3/c1-20-12-5-2-4-11(8-12)13-9-22-16(18-13)17-19-14(10-23-17)15-6-3-7-21-15/h2-10H,1H3. The van der Waals surface area contributed by atoms with Crippen LogP contribution in [0.3, 0.4) is 0 Å². The van der Waals surface area contributed by atoms with Crippen molar-refractivity contribution in [2.45, 2.75) is 0 Å². The van der Waals surface area contributed by atoms with Crippen molar-refractivity contribution >= 4 is 34.0 Å². The van der Waals surface area contributed by atoms with Gasteiger partial charge in [-0.2, -0.15) is 0 Å². The van der Waals surface area contributed by atoms with Gasteiger partial charge in [0.15, 0.2) is 10.0 Å². The molecule has 0 unspecified atom stereocenters. The van der Waals surface area contributed by atoms with Crippen molar-refractivity contribution in [3.63, 3.8) is 0 Å². The first-order chi connectivity index (χ1) is 11.3. The van der Waals surface area contributed by atoms with Gasteiger partial charge in [0.25, 0.3) is 0 Å². The predicted molar refractivity (Wildman–Crippen MR) is 98.5 cm³/mol. The maximum Gasteiger partial charge on any atom is 0.152 e. The zero-order valence-corrected chi connectivity index (χ0v) is 14.7. The van der Waals surface area contributed by atoms with Gasteiger partial charge in [-0.3, -0.25) is 0 Å². The molecule has 6 heteroatoms. The molecule has 3 heterocycles. The molecule has 3 nitrogen and oxygen atoms in total. The lowest BCUT2D eigenvalue weighted by Crippen LogP contribution is -1.84. The van der Waals surface area contributed by atoms with Gasteiger partial charge in [-0.05, 0) is 23.6 Å². The maximum atomic E-state index is 5.28. The number of thiazole rings is 2. The Labute approximate surface area is 145 Å². The van der Waals surface area contributed by atoms with E-state index in [1.807, 2.05) is 30.3 Å². The average molecular weight is 356 g/mol. The molecule has 0 bridgehead atoms. The zero-order valence-electron chi connectivity index (χ0n) is 12.2. The van der Waals surface area contributed by atoms with Crippen molar-refractivity contribution in [2.24, 2.45) is 0 Å². The highest BCUT2D eigenvalue weighted by Gasteiger charge is 2.12. The van der Waals surface area contributed by atoms with Crippen LogP contribution < -0.4 is 4.74 Å². The van der Waals surface area contributed by atoms with Gasteiger partial charge in [0.2, 0.25) is 0 Å². The van der Waals surface area contributed by atoms with Crippen molar-refractivity contribution in [1.82, 2.24) is 9.97 Å². The Bertz CT molecular complexity index is 925. The molecule has 23 heavy (non-hydrogen) atoms. The molecule has 0 aliphatic rings. The first kappa shape index (κ1) is 14.6. The molecule has 0 amide bonds. The van der Waals surface area contributed by atoms with Crippen molar-refractivity contribution in [1.29, 1.82) is 0 Å². The Morgan fingerprint density at radius 2 is 1.65 bits per heavy atom. The monoisotopic (exact) mass is 356 g/mol. The van der Waals surface area contributed by atoms with Crippen LogP contribution in [0.5, 0.6) is 5.75 Å². The first-order valence-corrected chi connectivity index (χ1v) is 9.57. The van der Waals surface area contributed by atoms with Crippen molar-refractivity contribution < 1.29 is 4.74 Å². The summed E-state index contributed by atoms with van der Waals surface area (Å²) >= 11 is 4.96. The third-order valence-electron chi connectivity index (χ3n) is 3.33. The molecular weight excluding hydrogens is 344 g/mol. The van der Waals surface area contributed by atoms with Crippen LogP contribution >= 0.6 is 34.0 Å². The number of thiophene rings is 1. The van der Waals surface area contributed by atoms with Crippen LogP contribution in [0.2, 0.25) is 0 Å². The summed E-state index contributed by atoms with van der Waals surface area (Å²) in [6.07, 6.45) is 0. The lowest BCUT2D eigenvalue weighted by atomic mass is 10.2. The molecule has 0 atom stereocenters. The van der Waals surface area contributed by atoms with Crippen LogP contribution in [0.4, 0.5) is 0 Å². The number of ether oxygens (including phenoxy) is 1. The van der Waals surface area contributed by atoms with Gasteiger partial charge in [-0.15, -0.1) is 34.0 Å². The Kier molecular flexibility index (Phi) is 3.95. The SMILES string of the molecule is COc1cccc(-c2csc(-c3nc(-c4cccs4)cs3)n2)c1. The summed E-state index contributed by atoms with van der Waals surface area (Å²) < 4.78 is 5.28. The minimum absolute atomic E-state index is 0.839. The fraction of sp³-hybridized carbons (Fsp3) is 0.0588. The summed E-state index contributed by atoms with van der Waals surface area (Å²) in [6.45, 7) is 0. The highest BCUT2D eigenvalue weighted by atomic mass is 32.1. The van der Waals surface area contributed by atoms with Gasteiger partial charge in [-0.1, -0.05) is 18.2 Å². The summed E-state index contributed by atoms with van der Waals surface area (Å²) in [5, 5.41) is 8.14. The van der Waals surface area contributed by atoms with E-state index < -0.39 is 0 Å². The summed E-state index contributed by atoms with van der Waals surface area (Å²) in [5.41, 5.74) is 3.04. The summed E-state index contributed by atoms with van der Waals surface area (Å²) in [6, 6.07) is 12.1. The molecule has 0 spiro atoms. The molecule has 0 saturated carbocycles. The number of benzene rings is 1. The van der Waals surface area contributed by atoms with E-state index in [-0.39, 0.29) is 0 Å². The number of hydrogen-bond donors (Lipinski definition) is 0. The largest absolute Gasteiger partial charge is 0.497 e. The molecule has 0 fully saturated rings. The van der Waals surface area contributed by atoms with Gasteiger partial charge < -0.3 is 4.74 Å². The Morgan fingerprint density at radius 3 is 2.39 bits per heavy atom. The second-order valence-electron chi connectivity index (χ2n) is 4.79. The molecular formula is C17H12N2OS3. The minimum atomic E-state index is 0.839. The third-order valence-corrected chi connectivity index (χ3v) is 6.05. The molecule has 0 aliphatic heterocycles. The van der Waals surface area contributed by atoms with E-state index >= 15 is 0 Å². The van der Waals surface area contributed by atoms with Crippen LogP contribution in [0.15, 0.2) is 52.5 Å². The molecule has 4 aromatic rings. The average Bonchev–Trinajstić information content (AvgIpc) is 3.34. The Morgan fingerprint density at radius 1 is 0.870 bits per heavy atom. The molecule has 114 valence electrons. The number of aromatic nitrogens is 2. The van der Waals surface area contributed by atoms with Crippen molar-refractivity contribution in [3.05, 3.63) is 52.5 Å². The number of hydrogen-bond acceptors (Lipinski definition) is 6. The van der Waals surface area contributed by atoms with Gasteiger partial charge in [0.05, 0.1) is 23.4 Å². The number of nitrogens with zero attached hydrogens (tertiary/aromatic N) is 2. The molecule has 4 rings (SSSR count). The Balaban J connectivity index is 1.65. The van der Waals surface area contributed by atoms with Gasteiger partial charge in [-0.25, -0.2) is 9.97 Å². The third kappa shape index (κ3) is 2.93. The lowest BCUT2D eigenvalue weighted by Gasteiger charge is -2.01. The van der Waals surface area contributed by atoms with E-state index in [9.17, 15) is 0 Å². The molecule has 1 aromatic carbocycles. The minimum Gasteiger partial charge on any atom is -0.497 e. The zero-order chi connectivity index (χ0) is 15.6. The van der Waals surface area contributed by atoms with E-state index in [1.54, 1.807) is 41.1 Å². The van der Waals surface area contributed by atoms with Crippen LogP contribution in [0.25, 0.3) is 31.8 Å². The van der Waals surface area contributed by atoms with E-state index in [0.717, 1.165) is 32.7 Å². The van der Waals surface area contributed by atoms with Crippen LogP contribution in [-0.2, 0) is 0 Å². The van der Waals surface area contributed by atoms with Gasteiger partial charge in [0, 0.05) is 16.3 Å². The molecule has 0 radical (unpaired) electrons. The lowest BCUT2D eigenvalue weighted by molar-refractivity contribution is 0.415. The van der Waals surface area contributed by atoms with E-state index in [4.69, 9.17) is 14.7 Å². The normalized spacial score (nSPS) is 10.8. The van der Waals surface area contributed by atoms with E-state index in [2.05, 4.69) is 22.2 Å². The second kappa shape index (κ2) is 6.23.